The SMILES string of the molecule is COc1ccc(S(=O)(=O)N2CCCCCC2)cc1NC(=O)CN1CCCC(O)C1. The zero-order valence-electron chi connectivity index (χ0n) is 17.0. The van der Waals surface area contributed by atoms with Crippen LogP contribution >= 0.6 is 0 Å². The minimum Gasteiger partial charge on any atom is -0.495 e. The number of likely N-dealkylation sites (tertiary alicyclic amines) is 1. The molecule has 1 unspecified atom stereocenters. The van der Waals surface area contributed by atoms with Crippen LogP contribution in [-0.4, -0.2) is 74.6 Å². The molecule has 2 aliphatic heterocycles. The minimum absolute atomic E-state index is 0.142. The number of β-amino-alcohol motifs (C(OH)–C–C–N with tert-alkyl or cyclic N) is 1. The number of hydrogen-bond acceptors (Lipinski definition) is 6. The van der Waals surface area contributed by atoms with Crippen molar-refractivity contribution in [2.24, 2.45) is 0 Å². The van der Waals surface area contributed by atoms with Gasteiger partial charge in [0.05, 0.1) is 30.3 Å². The number of anilines is 1. The van der Waals surface area contributed by atoms with Crippen LogP contribution in [0, 0.1) is 0 Å². The summed E-state index contributed by atoms with van der Waals surface area (Å²) in [6.45, 7) is 2.41. The molecule has 2 fully saturated rings. The first-order valence-corrected chi connectivity index (χ1v) is 11.7. The molecule has 1 atom stereocenters. The molecule has 0 bridgehead atoms. The van der Waals surface area contributed by atoms with E-state index >= 15 is 0 Å². The van der Waals surface area contributed by atoms with Gasteiger partial charge in [0.15, 0.2) is 0 Å². The van der Waals surface area contributed by atoms with E-state index in [0.717, 1.165) is 45.1 Å². The molecule has 162 valence electrons. The van der Waals surface area contributed by atoms with E-state index in [-0.39, 0.29) is 17.3 Å². The van der Waals surface area contributed by atoms with E-state index in [1.54, 1.807) is 6.07 Å². The molecule has 0 spiro atoms. The molecule has 1 aromatic rings. The average molecular weight is 426 g/mol. The predicted octanol–water partition coefficient (Wildman–Crippen LogP) is 1.66. The molecular weight excluding hydrogens is 394 g/mol. The number of piperidine rings is 1. The molecule has 2 N–H and O–H groups in total. The Labute approximate surface area is 172 Å². The summed E-state index contributed by atoms with van der Waals surface area (Å²) in [5.41, 5.74) is 0.339. The maximum atomic E-state index is 13.1. The highest BCUT2D eigenvalue weighted by atomic mass is 32.2. The van der Waals surface area contributed by atoms with Crippen molar-refractivity contribution < 1.29 is 23.1 Å². The molecule has 1 aromatic carbocycles. The normalized spacial score (nSPS) is 22.1. The highest BCUT2D eigenvalue weighted by molar-refractivity contribution is 7.89. The van der Waals surface area contributed by atoms with E-state index < -0.39 is 16.1 Å². The number of amides is 1. The van der Waals surface area contributed by atoms with Gasteiger partial charge >= 0.3 is 0 Å². The Morgan fingerprint density at radius 1 is 1.17 bits per heavy atom. The summed E-state index contributed by atoms with van der Waals surface area (Å²) >= 11 is 0. The van der Waals surface area contributed by atoms with E-state index in [4.69, 9.17) is 4.74 Å². The summed E-state index contributed by atoms with van der Waals surface area (Å²) in [5, 5.41) is 12.6. The topological polar surface area (TPSA) is 99.2 Å². The van der Waals surface area contributed by atoms with Gasteiger partial charge in [0.1, 0.15) is 5.75 Å². The van der Waals surface area contributed by atoms with E-state index in [9.17, 15) is 18.3 Å². The molecule has 3 rings (SSSR count). The minimum atomic E-state index is -3.62. The third-order valence-electron chi connectivity index (χ3n) is 5.50. The van der Waals surface area contributed by atoms with Gasteiger partial charge in [-0.1, -0.05) is 12.8 Å². The summed E-state index contributed by atoms with van der Waals surface area (Å²) in [6.07, 6.45) is 5.00. The molecule has 2 aliphatic rings. The van der Waals surface area contributed by atoms with Crippen molar-refractivity contribution in [3.05, 3.63) is 18.2 Å². The van der Waals surface area contributed by atoms with Gasteiger partial charge in [-0.15, -0.1) is 0 Å². The summed E-state index contributed by atoms with van der Waals surface area (Å²) in [5.74, 6) is 0.147. The van der Waals surface area contributed by atoms with Gasteiger partial charge in [0.25, 0.3) is 0 Å². The Morgan fingerprint density at radius 2 is 1.90 bits per heavy atom. The molecule has 2 saturated heterocycles. The number of nitrogens with zero attached hydrogens (tertiary/aromatic N) is 2. The summed E-state index contributed by atoms with van der Waals surface area (Å²) < 4.78 is 33.0. The highest BCUT2D eigenvalue weighted by Crippen LogP contribution is 2.30. The monoisotopic (exact) mass is 425 g/mol. The number of methoxy groups -OCH3 is 1. The largest absolute Gasteiger partial charge is 0.495 e. The Bertz CT molecular complexity index is 806. The van der Waals surface area contributed by atoms with Crippen molar-refractivity contribution in [3.63, 3.8) is 0 Å². The molecule has 0 aliphatic carbocycles. The third kappa shape index (κ3) is 5.69. The van der Waals surface area contributed by atoms with Crippen LogP contribution in [0.2, 0.25) is 0 Å². The van der Waals surface area contributed by atoms with Crippen LogP contribution in [0.3, 0.4) is 0 Å². The lowest BCUT2D eigenvalue weighted by atomic mass is 10.1. The molecule has 29 heavy (non-hydrogen) atoms. The lowest BCUT2D eigenvalue weighted by molar-refractivity contribution is -0.118. The molecule has 0 radical (unpaired) electrons. The second kappa shape index (κ2) is 9.88. The van der Waals surface area contributed by atoms with E-state index in [2.05, 4.69) is 5.32 Å². The van der Waals surface area contributed by atoms with Crippen LogP contribution in [0.4, 0.5) is 5.69 Å². The second-order valence-electron chi connectivity index (χ2n) is 7.76. The molecular formula is C20H31N3O5S. The zero-order chi connectivity index (χ0) is 20.9. The average Bonchev–Trinajstić information content (AvgIpc) is 2.98. The Kier molecular flexibility index (Phi) is 7.50. The quantitative estimate of drug-likeness (QED) is 0.719. The first-order chi connectivity index (χ1) is 13.9. The first-order valence-electron chi connectivity index (χ1n) is 10.3. The van der Waals surface area contributed by atoms with Crippen molar-refractivity contribution >= 4 is 21.6 Å². The number of rotatable bonds is 6. The highest BCUT2D eigenvalue weighted by Gasteiger charge is 2.26. The summed E-state index contributed by atoms with van der Waals surface area (Å²) in [4.78, 5) is 14.6. The lowest BCUT2D eigenvalue weighted by Gasteiger charge is -2.29. The number of benzene rings is 1. The van der Waals surface area contributed by atoms with Crippen molar-refractivity contribution in [1.29, 1.82) is 0 Å². The third-order valence-corrected chi connectivity index (χ3v) is 7.39. The van der Waals surface area contributed by atoms with Gasteiger partial charge in [0, 0.05) is 19.6 Å². The molecule has 9 heteroatoms. The lowest BCUT2D eigenvalue weighted by Crippen LogP contribution is -2.42. The van der Waals surface area contributed by atoms with Crippen molar-refractivity contribution in [1.82, 2.24) is 9.21 Å². The maximum Gasteiger partial charge on any atom is 0.243 e. The van der Waals surface area contributed by atoms with Crippen LogP contribution in [0.25, 0.3) is 0 Å². The number of sulfonamides is 1. The van der Waals surface area contributed by atoms with E-state index in [1.807, 2.05) is 4.90 Å². The molecule has 8 nitrogen and oxygen atoms in total. The van der Waals surface area contributed by atoms with Gasteiger partial charge in [-0.2, -0.15) is 4.31 Å². The van der Waals surface area contributed by atoms with Crippen LogP contribution in [0.15, 0.2) is 23.1 Å². The number of hydrogen-bond donors (Lipinski definition) is 2. The van der Waals surface area contributed by atoms with Crippen molar-refractivity contribution in [2.75, 3.05) is 45.2 Å². The van der Waals surface area contributed by atoms with Crippen LogP contribution in [0.1, 0.15) is 38.5 Å². The number of aliphatic hydroxyl groups excluding tert-OH is 1. The number of ether oxygens (including phenoxy) is 1. The molecule has 2 heterocycles. The van der Waals surface area contributed by atoms with E-state index in [0.29, 0.717) is 31.1 Å². The van der Waals surface area contributed by atoms with Gasteiger partial charge in [0.2, 0.25) is 15.9 Å². The first kappa shape index (κ1) is 22.0. The number of carbonyl (C=O) groups excluding carboxylic acids is 1. The van der Waals surface area contributed by atoms with Gasteiger partial charge < -0.3 is 15.2 Å². The predicted molar refractivity (Wildman–Crippen MR) is 111 cm³/mol. The van der Waals surface area contributed by atoms with Crippen LogP contribution < -0.4 is 10.1 Å². The number of carbonyl (C=O) groups is 1. The Balaban J connectivity index is 1.75. The summed E-state index contributed by atoms with van der Waals surface area (Å²) in [7, 11) is -2.14. The molecule has 1 amide bonds. The number of nitrogens with one attached hydrogen (secondary N) is 1. The van der Waals surface area contributed by atoms with Crippen LogP contribution in [0.5, 0.6) is 5.75 Å². The smallest absolute Gasteiger partial charge is 0.243 e. The second-order valence-corrected chi connectivity index (χ2v) is 9.70. The van der Waals surface area contributed by atoms with Gasteiger partial charge in [-0.25, -0.2) is 8.42 Å². The fourth-order valence-electron chi connectivity index (χ4n) is 3.94. The number of aliphatic hydroxyl groups is 1. The Hall–Kier alpha value is -1.68. The Morgan fingerprint density at radius 3 is 2.55 bits per heavy atom. The van der Waals surface area contributed by atoms with Crippen molar-refractivity contribution in [2.45, 2.75) is 49.5 Å². The zero-order valence-corrected chi connectivity index (χ0v) is 17.8. The summed E-state index contributed by atoms with van der Waals surface area (Å²) in [6, 6.07) is 4.57. The fourth-order valence-corrected chi connectivity index (χ4v) is 5.49. The van der Waals surface area contributed by atoms with E-state index in [1.165, 1.54) is 23.5 Å². The molecule has 0 saturated carbocycles. The van der Waals surface area contributed by atoms with Gasteiger partial charge in [-0.05, 0) is 50.4 Å². The maximum absolute atomic E-state index is 13.1. The van der Waals surface area contributed by atoms with Crippen LogP contribution in [-0.2, 0) is 14.8 Å². The van der Waals surface area contributed by atoms with Gasteiger partial charge in [-0.3, -0.25) is 9.69 Å². The standard InChI is InChI=1S/C20H31N3O5S/c1-28-19-9-8-17(29(26,27)23-11-4-2-3-5-12-23)13-18(19)21-20(25)15-22-10-6-7-16(24)14-22/h8-9,13,16,24H,2-7,10-12,14-15H2,1H3,(H,21,25). The fraction of sp³-hybridized carbons (Fsp3) is 0.650. The van der Waals surface area contributed by atoms with Crippen molar-refractivity contribution in [3.8, 4) is 5.75 Å². The molecule has 0 aromatic heterocycles.